The van der Waals surface area contributed by atoms with Crippen molar-refractivity contribution < 1.29 is 13.2 Å². The van der Waals surface area contributed by atoms with E-state index in [2.05, 4.69) is 0 Å². The Labute approximate surface area is 67.7 Å². The van der Waals surface area contributed by atoms with Crippen molar-refractivity contribution in [2.75, 3.05) is 5.75 Å². The maximum Gasteiger partial charge on any atom is 0.159 e. The molecule has 0 aliphatic heterocycles. The highest BCUT2D eigenvalue weighted by molar-refractivity contribution is 7.92. The summed E-state index contributed by atoms with van der Waals surface area (Å²) >= 11 is 0. The Morgan fingerprint density at radius 1 is 1.36 bits per heavy atom. The third-order valence-corrected chi connectivity index (χ3v) is 4.00. The van der Waals surface area contributed by atoms with Gasteiger partial charge in [0.2, 0.25) is 0 Å². The molecule has 0 aliphatic rings. The number of Topliss-reactive ketones (excluding diaryl/α,β-unsaturated/α-hetero) is 1. The van der Waals surface area contributed by atoms with Crippen molar-refractivity contribution >= 4 is 15.6 Å². The lowest BCUT2D eigenvalue weighted by atomic mass is 10.2. The van der Waals surface area contributed by atoms with Crippen LogP contribution in [0.2, 0.25) is 0 Å². The van der Waals surface area contributed by atoms with Crippen LogP contribution in [0.5, 0.6) is 0 Å². The van der Waals surface area contributed by atoms with E-state index in [-0.39, 0.29) is 11.5 Å². The van der Waals surface area contributed by atoms with Crippen molar-refractivity contribution in [3.63, 3.8) is 0 Å². The molecule has 0 fully saturated rings. The maximum atomic E-state index is 11.2. The van der Waals surface area contributed by atoms with Gasteiger partial charge in [-0.15, -0.1) is 0 Å². The van der Waals surface area contributed by atoms with Crippen LogP contribution in [0, 0.1) is 0 Å². The van der Waals surface area contributed by atoms with Gasteiger partial charge in [-0.25, -0.2) is 8.42 Å². The van der Waals surface area contributed by atoms with Crippen LogP contribution >= 0.6 is 0 Å². The predicted molar refractivity (Wildman–Crippen MR) is 44.2 cm³/mol. The first kappa shape index (κ1) is 10.6. The Morgan fingerprint density at radius 3 is 1.91 bits per heavy atom. The normalized spacial score (nSPS) is 14.5. The van der Waals surface area contributed by atoms with Gasteiger partial charge < -0.3 is 0 Å². The van der Waals surface area contributed by atoms with E-state index in [0.29, 0.717) is 6.42 Å². The van der Waals surface area contributed by atoms with Gasteiger partial charge in [0.25, 0.3) is 0 Å². The molecule has 0 bridgehead atoms. The molecule has 1 atom stereocenters. The first-order valence-corrected chi connectivity index (χ1v) is 5.39. The average molecular weight is 178 g/mol. The lowest BCUT2D eigenvalue weighted by Gasteiger charge is -2.09. The van der Waals surface area contributed by atoms with Crippen LogP contribution in [0.3, 0.4) is 0 Å². The van der Waals surface area contributed by atoms with Gasteiger partial charge in [-0.1, -0.05) is 13.8 Å². The number of ketones is 1. The van der Waals surface area contributed by atoms with Gasteiger partial charge in [0.05, 0.1) is 0 Å². The topological polar surface area (TPSA) is 51.2 Å². The highest BCUT2D eigenvalue weighted by Crippen LogP contribution is 2.07. The van der Waals surface area contributed by atoms with Crippen LogP contribution < -0.4 is 0 Å². The van der Waals surface area contributed by atoms with E-state index in [1.165, 1.54) is 6.92 Å². The molecule has 0 aromatic carbocycles. The second-order valence-electron chi connectivity index (χ2n) is 2.46. The van der Waals surface area contributed by atoms with E-state index in [1.54, 1.807) is 13.8 Å². The molecule has 0 aliphatic carbocycles. The zero-order valence-electron chi connectivity index (χ0n) is 7.12. The average Bonchev–Trinajstić information content (AvgIpc) is 1.88. The van der Waals surface area contributed by atoms with E-state index >= 15 is 0 Å². The van der Waals surface area contributed by atoms with Gasteiger partial charge in [0, 0.05) is 5.75 Å². The Balaban J connectivity index is 4.65. The summed E-state index contributed by atoms with van der Waals surface area (Å²) in [6.45, 7) is 4.58. The molecule has 0 heterocycles. The van der Waals surface area contributed by atoms with Gasteiger partial charge in [-0.3, -0.25) is 4.79 Å². The highest BCUT2D eigenvalue weighted by atomic mass is 32.2. The number of hydrogen-bond donors (Lipinski definition) is 0. The number of rotatable bonds is 4. The Hall–Kier alpha value is -0.380. The van der Waals surface area contributed by atoms with E-state index < -0.39 is 15.1 Å². The van der Waals surface area contributed by atoms with Gasteiger partial charge in [-0.2, -0.15) is 0 Å². The molecule has 0 saturated carbocycles. The van der Waals surface area contributed by atoms with Gasteiger partial charge >= 0.3 is 0 Å². The summed E-state index contributed by atoms with van der Waals surface area (Å²) in [5.41, 5.74) is 0. The molecule has 11 heavy (non-hydrogen) atoms. The summed E-state index contributed by atoms with van der Waals surface area (Å²) in [7, 11) is -3.16. The van der Waals surface area contributed by atoms with Crippen molar-refractivity contribution in [2.45, 2.75) is 32.4 Å². The first-order chi connectivity index (χ1) is 4.95. The SMILES string of the molecule is CC[C@@H](C(C)=O)S(=O)(=O)CC. The highest BCUT2D eigenvalue weighted by Gasteiger charge is 2.25. The fourth-order valence-electron chi connectivity index (χ4n) is 0.995. The minimum atomic E-state index is -3.16. The van der Waals surface area contributed by atoms with Gasteiger partial charge in [-0.05, 0) is 13.3 Å². The van der Waals surface area contributed by atoms with E-state index in [4.69, 9.17) is 0 Å². The summed E-state index contributed by atoms with van der Waals surface area (Å²) in [6, 6.07) is 0. The van der Waals surface area contributed by atoms with Crippen molar-refractivity contribution in [3.8, 4) is 0 Å². The lowest BCUT2D eigenvalue weighted by Crippen LogP contribution is -2.29. The maximum absolute atomic E-state index is 11.2. The first-order valence-electron chi connectivity index (χ1n) is 3.67. The quantitative estimate of drug-likeness (QED) is 0.639. The Morgan fingerprint density at radius 2 is 1.82 bits per heavy atom. The largest absolute Gasteiger partial charge is 0.299 e. The molecule has 0 N–H and O–H groups in total. The van der Waals surface area contributed by atoms with Crippen LogP contribution in [0.15, 0.2) is 0 Å². The molecule has 0 aromatic heterocycles. The Kier molecular flexibility index (Phi) is 3.72. The zero-order chi connectivity index (χ0) is 9.07. The Bertz CT molecular complexity index is 228. The monoisotopic (exact) mass is 178 g/mol. The molecular weight excluding hydrogens is 164 g/mol. The van der Waals surface area contributed by atoms with Crippen LogP contribution in [-0.2, 0) is 14.6 Å². The summed E-state index contributed by atoms with van der Waals surface area (Å²) < 4.78 is 22.3. The fraction of sp³-hybridized carbons (Fsp3) is 0.857. The second-order valence-corrected chi connectivity index (χ2v) is 4.93. The molecule has 0 radical (unpaired) electrons. The molecule has 0 rings (SSSR count). The summed E-state index contributed by atoms with van der Waals surface area (Å²) in [5.74, 6) is -0.209. The molecule has 0 aromatic rings. The molecule has 4 heteroatoms. The van der Waals surface area contributed by atoms with Gasteiger partial charge in [0.15, 0.2) is 9.84 Å². The second kappa shape index (κ2) is 3.85. The third kappa shape index (κ3) is 2.61. The molecular formula is C7H14O3S. The molecule has 0 amide bonds. The zero-order valence-corrected chi connectivity index (χ0v) is 7.94. The number of sulfone groups is 1. The predicted octanol–water partition coefficient (Wildman–Crippen LogP) is 0.789. The summed E-state index contributed by atoms with van der Waals surface area (Å²) in [4.78, 5) is 10.8. The van der Waals surface area contributed by atoms with Crippen molar-refractivity contribution in [1.29, 1.82) is 0 Å². The van der Waals surface area contributed by atoms with Crippen molar-refractivity contribution in [1.82, 2.24) is 0 Å². The van der Waals surface area contributed by atoms with Gasteiger partial charge in [0.1, 0.15) is 11.0 Å². The van der Waals surface area contributed by atoms with Crippen molar-refractivity contribution in [2.24, 2.45) is 0 Å². The number of hydrogen-bond acceptors (Lipinski definition) is 3. The molecule has 0 spiro atoms. The number of carbonyl (C=O) groups is 1. The standard InChI is InChI=1S/C7H14O3S/c1-4-7(6(3)8)11(9,10)5-2/h7H,4-5H2,1-3H3/t7-/m0/s1. The molecule has 0 saturated heterocycles. The van der Waals surface area contributed by atoms with Crippen molar-refractivity contribution in [3.05, 3.63) is 0 Å². The lowest BCUT2D eigenvalue weighted by molar-refractivity contribution is -0.116. The van der Waals surface area contributed by atoms with E-state index in [0.717, 1.165) is 0 Å². The molecule has 3 nitrogen and oxygen atoms in total. The van der Waals surface area contributed by atoms with Crippen LogP contribution in [0.4, 0.5) is 0 Å². The van der Waals surface area contributed by atoms with Crippen LogP contribution in [0.25, 0.3) is 0 Å². The van der Waals surface area contributed by atoms with Crippen LogP contribution in [-0.4, -0.2) is 25.2 Å². The number of carbonyl (C=O) groups excluding carboxylic acids is 1. The minimum absolute atomic E-state index is 0.0467. The molecule has 0 unspecified atom stereocenters. The fourth-order valence-corrected chi connectivity index (χ4v) is 2.41. The summed E-state index contributed by atoms with van der Waals surface area (Å²) in [5, 5.41) is -0.785. The minimum Gasteiger partial charge on any atom is -0.299 e. The van der Waals surface area contributed by atoms with Crippen LogP contribution in [0.1, 0.15) is 27.2 Å². The van der Waals surface area contributed by atoms with E-state index in [1.807, 2.05) is 0 Å². The van der Waals surface area contributed by atoms with E-state index in [9.17, 15) is 13.2 Å². The smallest absolute Gasteiger partial charge is 0.159 e. The molecule has 66 valence electrons. The summed E-state index contributed by atoms with van der Waals surface area (Å²) in [6.07, 6.45) is 0.380. The third-order valence-electron chi connectivity index (χ3n) is 1.66.